The molecule has 1 aromatic carbocycles. The lowest BCUT2D eigenvalue weighted by Crippen LogP contribution is -2.44. The molecule has 1 saturated heterocycles. The van der Waals surface area contributed by atoms with Crippen molar-refractivity contribution in [1.82, 2.24) is 4.90 Å². The Bertz CT molecular complexity index is 474. The van der Waals surface area contributed by atoms with E-state index < -0.39 is 6.09 Å². The molecule has 0 aromatic heterocycles. The van der Waals surface area contributed by atoms with Crippen molar-refractivity contribution in [2.75, 3.05) is 19.7 Å². The molecule has 1 aromatic rings. The Kier molecular flexibility index (Phi) is 4.61. The first-order chi connectivity index (χ1) is 9.63. The number of amides is 1. The van der Waals surface area contributed by atoms with E-state index in [-0.39, 0.29) is 17.8 Å². The van der Waals surface area contributed by atoms with Gasteiger partial charge in [-0.1, -0.05) is 30.3 Å². The number of carbonyl (C=O) groups excluding carboxylic acids is 1. The summed E-state index contributed by atoms with van der Waals surface area (Å²) in [6, 6.07) is 9.57. The van der Waals surface area contributed by atoms with Gasteiger partial charge in [-0.2, -0.15) is 0 Å². The van der Waals surface area contributed by atoms with Crippen LogP contribution in [0, 0.1) is 5.92 Å². The first kappa shape index (κ1) is 14.4. The zero-order chi connectivity index (χ0) is 14.5. The molecule has 1 aliphatic heterocycles. The number of piperidine rings is 1. The maximum Gasteiger partial charge on any atom is 0.407 e. The van der Waals surface area contributed by atoms with Crippen molar-refractivity contribution in [3.8, 4) is 0 Å². The summed E-state index contributed by atoms with van der Waals surface area (Å²) in [5, 5.41) is 9.14. The summed E-state index contributed by atoms with van der Waals surface area (Å²) in [6.07, 6.45) is -0.432. The van der Waals surface area contributed by atoms with E-state index in [0.29, 0.717) is 26.1 Å². The van der Waals surface area contributed by atoms with Crippen molar-refractivity contribution < 1.29 is 19.4 Å². The Hall–Kier alpha value is -2.04. The van der Waals surface area contributed by atoms with Gasteiger partial charge in [0, 0.05) is 19.0 Å². The number of nitrogens with zero attached hydrogens (tertiary/aromatic N) is 1. The largest absolute Gasteiger partial charge is 0.466 e. The zero-order valence-corrected chi connectivity index (χ0v) is 11.5. The molecule has 5 nitrogen and oxygen atoms in total. The molecule has 2 atom stereocenters. The Balaban J connectivity index is 2.23. The van der Waals surface area contributed by atoms with Gasteiger partial charge in [-0.15, -0.1) is 0 Å². The SMILES string of the molecule is CCOC(=O)C1CCN(C(=O)O)CC1c1ccccc1. The summed E-state index contributed by atoms with van der Waals surface area (Å²) in [7, 11) is 0. The summed E-state index contributed by atoms with van der Waals surface area (Å²) in [6.45, 7) is 2.84. The molecule has 0 spiro atoms. The molecule has 1 N–H and O–H groups in total. The predicted octanol–water partition coefficient (Wildman–Crippen LogP) is 2.33. The Morgan fingerprint density at radius 1 is 1.35 bits per heavy atom. The van der Waals surface area contributed by atoms with E-state index in [1.165, 1.54) is 4.90 Å². The van der Waals surface area contributed by atoms with Crippen LogP contribution in [-0.2, 0) is 9.53 Å². The monoisotopic (exact) mass is 277 g/mol. The second kappa shape index (κ2) is 6.41. The van der Waals surface area contributed by atoms with E-state index in [0.717, 1.165) is 5.56 Å². The molecule has 20 heavy (non-hydrogen) atoms. The van der Waals surface area contributed by atoms with Crippen LogP contribution in [0.4, 0.5) is 4.79 Å². The van der Waals surface area contributed by atoms with Crippen molar-refractivity contribution in [2.45, 2.75) is 19.3 Å². The minimum Gasteiger partial charge on any atom is -0.466 e. The molecule has 1 heterocycles. The van der Waals surface area contributed by atoms with Gasteiger partial charge < -0.3 is 14.7 Å². The standard InChI is InChI=1S/C15H19NO4/c1-2-20-14(17)12-8-9-16(15(18)19)10-13(12)11-6-4-3-5-7-11/h3-7,12-13H,2,8-10H2,1H3,(H,18,19). The molecule has 0 radical (unpaired) electrons. The molecule has 5 heteroatoms. The third-order valence-corrected chi connectivity index (χ3v) is 3.70. The summed E-state index contributed by atoms with van der Waals surface area (Å²) in [5.74, 6) is -0.639. The molecule has 0 saturated carbocycles. The van der Waals surface area contributed by atoms with Crippen molar-refractivity contribution >= 4 is 12.1 Å². The molecule has 108 valence electrons. The van der Waals surface area contributed by atoms with Gasteiger partial charge in [-0.3, -0.25) is 4.79 Å². The third-order valence-electron chi connectivity index (χ3n) is 3.70. The number of ether oxygens (including phenoxy) is 1. The molecule has 2 unspecified atom stereocenters. The van der Waals surface area contributed by atoms with Gasteiger partial charge in [-0.05, 0) is 18.9 Å². The highest BCUT2D eigenvalue weighted by atomic mass is 16.5. The highest BCUT2D eigenvalue weighted by Crippen LogP contribution is 2.33. The van der Waals surface area contributed by atoms with Gasteiger partial charge in [0.25, 0.3) is 0 Å². The average Bonchev–Trinajstić information content (AvgIpc) is 2.47. The minimum atomic E-state index is -0.937. The molecule has 0 bridgehead atoms. The number of benzene rings is 1. The van der Waals surface area contributed by atoms with E-state index in [9.17, 15) is 9.59 Å². The van der Waals surface area contributed by atoms with E-state index in [4.69, 9.17) is 9.84 Å². The van der Waals surface area contributed by atoms with Gasteiger partial charge in [0.15, 0.2) is 0 Å². The maximum absolute atomic E-state index is 12.1. The quantitative estimate of drug-likeness (QED) is 0.861. The fourth-order valence-corrected chi connectivity index (χ4v) is 2.70. The van der Waals surface area contributed by atoms with Gasteiger partial charge in [0.1, 0.15) is 0 Å². The lowest BCUT2D eigenvalue weighted by molar-refractivity contribution is -0.150. The van der Waals surface area contributed by atoms with Crippen LogP contribution in [0.25, 0.3) is 0 Å². The van der Waals surface area contributed by atoms with Crippen molar-refractivity contribution in [1.29, 1.82) is 0 Å². The smallest absolute Gasteiger partial charge is 0.407 e. The Morgan fingerprint density at radius 2 is 2.05 bits per heavy atom. The lowest BCUT2D eigenvalue weighted by atomic mass is 9.81. The van der Waals surface area contributed by atoms with Crippen LogP contribution in [0.1, 0.15) is 24.8 Å². The van der Waals surface area contributed by atoms with E-state index in [2.05, 4.69) is 0 Å². The minimum absolute atomic E-state index is 0.139. The van der Waals surface area contributed by atoms with Crippen LogP contribution < -0.4 is 0 Å². The summed E-state index contributed by atoms with van der Waals surface area (Å²) >= 11 is 0. The van der Waals surface area contributed by atoms with Crippen LogP contribution in [0.5, 0.6) is 0 Å². The van der Waals surface area contributed by atoms with Gasteiger partial charge in [0.05, 0.1) is 12.5 Å². The van der Waals surface area contributed by atoms with Gasteiger partial charge in [-0.25, -0.2) is 4.79 Å². The summed E-state index contributed by atoms with van der Waals surface area (Å²) in [4.78, 5) is 24.6. The van der Waals surface area contributed by atoms with E-state index in [1.54, 1.807) is 6.92 Å². The lowest BCUT2D eigenvalue weighted by Gasteiger charge is -2.36. The molecule has 2 rings (SSSR count). The topological polar surface area (TPSA) is 66.8 Å². The third kappa shape index (κ3) is 3.10. The van der Waals surface area contributed by atoms with E-state index in [1.807, 2.05) is 30.3 Å². The molecular weight excluding hydrogens is 258 g/mol. The normalized spacial score (nSPS) is 22.4. The number of esters is 1. The molecule has 0 aliphatic carbocycles. The Morgan fingerprint density at radius 3 is 2.65 bits per heavy atom. The molecular formula is C15H19NO4. The number of rotatable bonds is 3. The fraction of sp³-hybridized carbons (Fsp3) is 0.467. The van der Waals surface area contributed by atoms with Gasteiger partial charge in [0.2, 0.25) is 0 Å². The maximum atomic E-state index is 12.1. The van der Waals surface area contributed by atoms with Crippen LogP contribution in [0.2, 0.25) is 0 Å². The average molecular weight is 277 g/mol. The summed E-state index contributed by atoms with van der Waals surface area (Å²) < 4.78 is 5.12. The summed E-state index contributed by atoms with van der Waals surface area (Å²) in [5.41, 5.74) is 0.983. The molecule has 1 fully saturated rings. The number of likely N-dealkylation sites (tertiary alicyclic amines) is 1. The van der Waals surface area contributed by atoms with Crippen LogP contribution in [0.15, 0.2) is 30.3 Å². The first-order valence-corrected chi connectivity index (χ1v) is 6.83. The Labute approximate surface area is 118 Å². The van der Waals surface area contributed by atoms with Crippen LogP contribution >= 0.6 is 0 Å². The zero-order valence-electron chi connectivity index (χ0n) is 11.5. The van der Waals surface area contributed by atoms with Gasteiger partial charge >= 0.3 is 12.1 Å². The molecule has 1 aliphatic rings. The number of carboxylic acid groups (broad SMARTS) is 1. The first-order valence-electron chi connectivity index (χ1n) is 6.83. The predicted molar refractivity (Wildman–Crippen MR) is 73.5 cm³/mol. The van der Waals surface area contributed by atoms with Crippen molar-refractivity contribution in [3.63, 3.8) is 0 Å². The van der Waals surface area contributed by atoms with Crippen molar-refractivity contribution in [3.05, 3.63) is 35.9 Å². The highest BCUT2D eigenvalue weighted by molar-refractivity contribution is 5.75. The van der Waals surface area contributed by atoms with Crippen LogP contribution in [-0.4, -0.2) is 41.8 Å². The number of hydrogen-bond donors (Lipinski definition) is 1. The number of hydrogen-bond acceptors (Lipinski definition) is 3. The second-order valence-electron chi connectivity index (χ2n) is 4.89. The highest BCUT2D eigenvalue weighted by Gasteiger charge is 2.37. The van der Waals surface area contributed by atoms with Crippen LogP contribution in [0.3, 0.4) is 0 Å². The fourth-order valence-electron chi connectivity index (χ4n) is 2.70. The number of carbonyl (C=O) groups is 2. The molecule has 1 amide bonds. The van der Waals surface area contributed by atoms with E-state index >= 15 is 0 Å². The second-order valence-corrected chi connectivity index (χ2v) is 4.89. The van der Waals surface area contributed by atoms with Crippen molar-refractivity contribution in [2.24, 2.45) is 5.92 Å².